The summed E-state index contributed by atoms with van der Waals surface area (Å²) in [6.07, 6.45) is 1.79. The lowest BCUT2D eigenvalue weighted by Crippen LogP contribution is -2.46. The summed E-state index contributed by atoms with van der Waals surface area (Å²) in [4.78, 5) is 23.4. The molecular formula is C15H20N2O4. The van der Waals surface area contributed by atoms with Crippen LogP contribution in [0, 0.1) is 5.41 Å². The molecule has 1 aliphatic rings. The normalized spacial score (nSPS) is 21.6. The van der Waals surface area contributed by atoms with Crippen molar-refractivity contribution in [3.8, 4) is 5.75 Å². The van der Waals surface area contributed by atoms with Crippen LogP contribution in [0.25, 0.3) is 0 Å². The summed E-state index contributed by atoms with van der Waals surface area (Å²) in [5.41, 5.74) is 0.159. The summed E-state index contributed by atoms with van der Waals surface area (Å²) >= 11 is 0. The highest BCUT2D eigenvalue weighted by atomic mass is 16.5. The highest BCUT2D eigenvalue weighted by Crippen LogP contribution is 2.29. The van der Waals surface area contributed by atoms with E-state index in [-0.39, 0.29) is 17.2 Å². The standard InChI is InChI=1S/C15H20N2O4/c1-15(6-3-7-16-9-15)14(20)17-10-4-5-11(13(18)19)12(8-10)21-2/h4-5,8,16H,3,6-7,9H2,1-2H3,(H,17,20)(H,18,19). The molecule has 1 saturated heterocycles. The van der Waals surface area contributed by atoms with Crippen LogP contribution >= 0.6 is 0 Å². The number of piperidine rings is 1. The summed E-state index contributed by atoms with van der Waals surface area (Å²) in [5.74, 6) is -0.903. The van der Waals surface area contributed by atoms with Gasteiger partial charge in [0.2, 0.25) is 5.91 Å². The first-order valence-corrected chi connectivity index (χ1v) is 6.90. The highest BCUT2D eigenvalue weighted by Gasteiger charge is 2.34. The van der Waals surface area contributed by atoms with Crippen LogP contribution in [0.15, 0.2) is 18.2 Å². The third kappa shape index (κ3) is 3.33. The number of rotatable bonds is 4. The molecule has 1 aromatic carbocycles. The number of amides is 1. The van der Waals surface area contributed by atoms with Gasteiger partial charge < -0.3 is 20.5 Å². The molecule has 1 heterocycles. The van der Waals surface area contributed by atoms with Crippen LogP contribution in [-0.2, 0) is 4.79 Å². The second-order valence-electron chi connectivity index (χ2n) is 5.52. The number of ether oxygens (including phenoxy) is 1. The lowest BCUT2D eigenvalue weighted by Gasteiger charge is -2.32. The Morgan fingerprint density at radius 2 is 2.19 bits per heavy atom. The second-order valence-corrected chi connectivity index (χ2v) is 5.52. The molecule has 1 atom stereocenters. The number of carboxylic acids is 1. The van der Waals surface area contributed by atoms with Crippen LogP contribution in [0.2, 0.25) is 0 Å². The number of hydrogen-bond donors (Lipinski definition) is 3. The number of carbonyl (C=O) groups is 2. The summed E-state index contributed by atoms with van der Waals surface area (Å²) < 4.78 is 5.06. The van der Waals surface area contributed by atoms with Gasteiger partial charge in [-0.05, 0) is 38.4 Å². The summed E-state index contributed by atoms with van der Waals surface area (Å²) in [6, 6.07) is 4.53. The first kappa shape index (κ1) is 15.3. The van der Waals surface area contributed by atoms with Gasteiger partial charge in [-0.2, -0.15) is 0 Å². The summed E-state index contributed by atoms with van der Waals surface area (Å²) in [6.45, 7) is 3.50. The van der Waals surface area contributed by atoms with Crippen molar-refractivity contribution in [1.29, 1.82) is 0 Å². The van der Waals surface area contributed by atoms with E-state index in [4.69, 9.17) is 9.84 Å². The molecule has 1 amide bonds. The van der Waals surface area contributed by atoms with Crippen molar-refractivity contribution in [1.82, 2.24) is 5.32 Å². The Hall–Kier alpha value is -2.08. The fourth-order valence-corrected chi connectivity index (χ4v) is 2.48. The third-order valence-electron chi connectivity index (χ3n) is 3.84. The summed E-state index contributed by atoms with van der Waals surface area (Å²) in [5, 5.41) is 15.1. The fourth-order valence-electron chi connectivity index (χ4n) is 2.48. The lowest BCUT2D eigenvalue weighted by molar-refractivity contribution is -0.125. The number of nitrogens with one attached hydrogen (secondary N) is 2. The van der Waals surface area contributed by atoms with Crippen LogP contribution in [0.1, 0.15) is 30.1 Å². The monoisotopic (exact) mass is 292 g/mol. The van der Waals surface area contributed by atoms with E-state index in [0.29, 0.717) is 12.2 Å². The maximum atomic E-state index is 12.4. The molecule has 3 N–H and O–H groups in total. The largest absolute Gasteiger partial charge is 0.496 e. The molecule has 21 heavy (non-hydrogen) atoms. The van der Waals surface area contributed by atoms with Crippen LogP contribution in [0.5, 0.6) is 5.75 Å². The molecule has 114 valence electrons. The molecule has 1 unspecified atom stereocenters. The van der Waals surface area contributed by atoms with Gasteiger partial charge in [-0.3, -0.25) is 4.79 Å². The molecule has 6 heteroatoms. The van der Waals surface area contributed by atoms with Gasteiger partial charge in [-0.15, -0.1) is 0 Å². The number of carbonyl (C=O) groups excluding carboxylic acids is 1. The number of aromatic carboxylic acids is 1. The van der Waals surface area contributed by atoms with Crippen molar-refractivity contribution < 1.29 is 19.4 Å². The highest BCUT2D eigenvalue weighted by molar-refractivity contribution is 5.97. The van der Waals surface area contributed by atoms with Crippen molar-refractivity contribution in [2.24, 2.45) is 5.41 Å². The Balaban J connectivity index is 2.16. The molecule has 0 aliphatic carbocycles. The Morgan fingerprint density at radius 1 is 1.43 bits per heavy atom. The predicted molar refractivity (Wildman–Crippen MR) is 78.8 cm³/mol. The molecule has 1 fully saturated rings. The molecule has 1 aliphatic heterocycles. The minimum absolute atomic E-state index is 0.0696. The third-order valence-corrected chi connectivity index (χ3v) is 3.84. The van der Waals surface area contributed by atoms with E-state index in [1.54, 1.807) is 6.07 Å². The molecule has 0 saturated carbocycles. The Kier molecular flexibility index (Phi) is 4.47. The van der Waals surface area contributed by atoms with E-state index in [1.165, 1.54) is 19.2 Å². The minimum atomic E-state index is -1.06. The molecule has 0 aromatic heterocycles. The molecular weight excluding hydrogens is 272 g/mol. The number of anilines is 1. The van der Waals surface area contributed by atoms with Crippen LogP contribution in [-0.4, -0.2) is 37.2 Å². The smallest absolute Gasteiger partial charge is 0.339 e. The van der Waals surface area contributed by atoms with Crippen LogP contribution in [0.4, 0.5) is 5.69 Å². The second kappa shape index (κ2) is 6.13. The lowest BCUT2D eigenvalue weighted by atomic mass is 9.82. The fraction of sp³-hybridized carbons (Fsp3) is 0.467. The quantitative estimate of drug-likeness (QED) is 0.786. The molecule has 2 rings (SSSR count). The van der Waals surface area contributed by atoms with Gasteiger partial charge in [0.05, 0.1) is 12.5 Å². The Morgan fingerprint density at radius 3 is 2.76 bits per heavy atom. The van der Waals surface area contributed by atoms with E-state index < -0.39 is 11.4 Å². The zero-order valence-electron chi connectivity index (χ0n) is 12.2. The average molecular weight is 292 g/mol. The van der Waals surface area contributed by atoms with Gasteiger partial charge in [0.25, 0.3) is 0 Å². The Bertz CT molecular complexity index is 551. The topological polar surface area (TPSA) is 87.7 Å². The van der Waals surface area contributed by atoms with E-state index in [1.807, 2.05) is 6.92 Å². The maximum absolute atomic E-state index is 12.4. The molecule has 0 bridgehead atoms. The van der Waals surface area contributed by atoms with Gasteiger partial charge >= 0.3 is 5.97 Å². The minimum Gasteiger partial charge on any atom is -0.496 e. The maximum Gasteiger partial charge on any atom is 0.339 e. The molecule has 1 aromatic rings. The summed E-state index contributed by atoms with van der Waals surface area (Å²) in [7, 11) is 1.40. The van der Waals surface area contributed by atoms with E-state index in [0.717, 1.165) is 19.4 Å². The Labute approximate surface area is 123 Å². The van der Waals surface area contributed by atoms with Gasteiger partial charge in [-0.1, -0.05) is 0 Å². The van der Waals surface area contributed by atoms with Gasteiger partial charge in [0.15, 0.2) is 0 Å². The SMILES string of the molecule is COc1cc(NC(=O)C2(C)CCCNC2)ccc1C(=O)O. The zero-order chi connectivity index (χ0) is 15.5. The molecule has 0 spiro atoms. The van der Waals surface area contributed by atoms with Crippen molar-refractivity contribution in [2.45, 2.75) is 19.8 Å². The first-order chi connectivity index (χ1) is 9.96. The van der Waals surface area contributed by atoms with Crippen molar-refractivity contribution in [3.63, 3.8) is 0 Å². The van der Waals surface area contributed by atoms with E-state index >= 15 is 0 Å². The zero-order valence-corrected chi connectivity index (χ0v) is 12.2. The van der Waals surface area contributed by atoms with E-state index in [9.17, 15) is 9.59 Å². The first-order valence-electron chi connectivity index (χ1n) is 6.90. The van der Waals surface area contributed by atoms with Crippen molar-refractivity contribution in [3.05, 3.63) is 23.8 Å². The number of methoxy groups -OCH3 is 1. The molecule has 6 nitrogen and oxygen atoms in total. The van der Waals surface area contributed by atoms with Crippen LogP contribution < -0.4 is 15.4 Å². The predicted octanol–water partition coefficient (Wildman–Crippen LogP) is 1.72. The van der Waals surface area contributed by atoms with Gasteiger partial charge in [0.1, 0.15) is 11.3 Å². The van der Waals surface area contributed by atoms with Gasteiger partial charge in [0, 0.05) is 18.3 Å². The number of carboxylic acid groups (broad SMARTS) is 1. The van der Waals surface area contributed by atoms with Gasteiger partial charge in [-0.25, -0.2) is 4.79 Å². The van der Waals surface area contributed by atoms with Crippen molar-refractivity contribution >= 4 is 17.6 Å². The number of benzene rings is 1. The van der Waals surface area contributed by atoms with Crippen molar-refractivity contribution in [2.75, 3.05) is 25.5 Å². The number of hydrogen-bond acceptors (Lipinski definition) is 4. The average Bonchev–Trinajstić information content (AvgIpc) is 2.47. The van der Waals surface area contributed by atoms with Crippen LogP contribution in [0.3, 0.4) is 0 Å². The molecule has 0 radical (unpaired) electrons. The van der Waals surface area contributed by atoms with E-state index in [2.05, 4.69) is 10.6 Å².